The summed E-state index contributed by atoms with van der Waals surface area (Å²) in [5.41, 5.74) is 2.97. The lowest BCUT2D eigenvalue weighted by molar-refractivity contribution is 0.0951. The predicted octanol–water partition coefficient (Wildman–Crippen LogP) is 3.45. The van der Waals surface area contributed by atoms with Gasteiger partial charge in [-0.1, -0.05) is 49.4 Å². The Hall–Kier alpha value is -2.13. The first kappa shape index (κ1) is 26.9. The number of amides is 1. The maximum atomic E-state index is 12.3. The van der Waals surface area contributed by atoms with E-state index in [4.69, 9.17) is 4.99 Å². The Kier molecular flexibility index (Phi) is 12.8. The molecule has 0 saturated carbocycles. The summed E-state index contributed by atoms with van der Waals surface area (Å²) in [6.45, 7) is 7.79. The number of benzene rings is 2. The van der Waals surface area contributed by atoms with Crippen LogP contribution >= 0.6 is 24.0 Å². The first-order chi connectivity index (χ1) is 14.5. The van der Waals surface area contributed by atoms with E-state index in [-0.39, 0.29) is 29.9 Å². The van der Waals surface area contributed by atoms with Crippen LogP contribution in [0.3, 0.4) is 0 Å². The van der Waals surface area contributed by atoms with Gasteiger partial charge in [0.1, 0.15) is 0 Å². The smallest absolute Gasteiger partial charge is 0.251 e. The molecule has 1 unspecified atom stereocenters. The van der Waals surface area contributed by atoms with E-state index in [1.165, 1.54) is 5.56 Å². The summed E-state index contributed by atoms with van der Waals surface area (Å²) in [6, 6.07) is 18.1. The van der Waals surface area contributed by atoms with Gasteiger partial charge in [-0.05, 0) is 50.2 Å². The van der Waals surface area contributed by atoms with Crippen molar-refractivity contribution in [2.75, 3.05) is 40.3 Å². The Bertz CT molecular complexity index is 811. The van der Waals surface area contributed by atoms with Crippen LogP contribution in [0.2, 0.25) is 0 Å². The fourth-order valence-electron chi connectivity index (χ4n) is 2.97. The molecule has 0 aliphatic rings. The Morgan fingerprint density at radius 2 is 1.77 bits per heavy atom. The van der Waals surface area contributed by atoms with Gasteiger partial charge < -0.3 is 20.9 Å². The third-order valence-electron chi connectivity index (χ3n) is 4.74. The largest absolute Gasteiger partial charge is 0.357 e. The zero-order valence-electron chi connectivity index (χ0n) is 19.0. The van der Waals surface area contributed by atoms with Crippen LogP contribution in [0.4, 0.5) is 0 Å². The van der Waals surface area contributed by atoms with Crippen molar-refractivity contribution in [2.24, 2.45) is 4.99 Å². The molecule has 0 radical (unpaired) electrons. The van der Waals surface area contributed by atoms with Crippen molar-refractivity contribution < 1.29 is 4.79 Å². The van der Waals surface area contributed by atoms with Gasteiger partial charge in [0.15, 0.2) is 5.96 Å². The zero-order valence-corrected chi connectivity index (χ0v) is 21.4. The number of carbonyl (C=O) groups excluding carboxylic acids is 1. The van der Waals surface area contributed by atoms with Gasteiger partial charge in [0.25, 0.3) is 5.91 Å². The van der Waals surface area contributed by atoms with E-state index in [0.717, 1.165) is 31.2 Å². The maximum absolute atomic E-state index is 12.3. The molecule has 6 nitrogen and oxygen atoms in total. The first-order valence-electron chi connectivity index (χ1n) is 10.6. The maximum Gasteiger partial charge on any atom is 0.251 e. The van der Waals surface area contributed by atoms with E-state index in [0.29, 0.717) is 24.6 Å². The Labute approximate surface area is 203 Å². The Morgan fingerprint density at radius 1 is 1.03 bits per heavy atom. The summed E-state index contributed by atoms with van der Waals surface area (Å²) in [5, 5.41) is 9.66. The molecule has 0 saturated heterocycles. The monoisotopic (exact) mass is 537 g/mol. The fourth-order valence-corrected chi connectivity index (χ4v) is 2.97. The average molecular weight is 537 g/mol. The van der Waals surface area contributed by atoms with E-state index < -0.39 is 0 Å². The van der Waals surface area contributed by atoms with Crippen molar-refractivity contribution in [2.45, 2.75) is 26.3 Å². The molecule has 1 atom stereocenters. The summed E-state index contributed by atoms with van der Waals surface area (Å²) >= 11 is 0. The number of halogens is 1. The molecule has 0 bridgehead atoms. The first-order valence-corrected chi connectivity index (χ1v) is 10.6. The van der Waals surface area contributed by atoms with Gasteiger partial charge >= 0.3 is 0 Å². The van der Waals surface area contributed by atoms with Gasteiger partial charge in [0, 0.05) is 31.7 Å². The minimum Gasteiger partial charge on any atom is -0.357 e. The van der Waals surface area contributed by atoms with Gasteiger partial charge in [-0.25, -0.2) is 4.99 Å². The number of likely N-dealkylation sites (N-methyl/N-ethyl adjacent to an activating group) is 1. The number of rotatable bonds is 10. The van der Waals surface area contributed by atoms with Crippen LogP contribution in [0, 0.1) is 0 Å². The molecule has 0 aliphatic carbocycles. The number of nitrogens with one attached hydrogen (secondary N) is 3. The molecule has 1 amide bonds. The number of hydrogen-bond donors (Lipinski definition) is 3. The summed E-state index contributed by atoms with van der Waals surface area (Å²) in [6.07, 6.45) is 0. The van der Waals surface area contributed by atoms with Crippen LogP contribution in [-0.2, 0) is 6.54 Å². The molecule has 0 heterocycles. The number of hydrogen-bond acceptors (Lipinski definition) is 3. The zero-order chi connectivity index (χ0) is 21.8. The topological polar surface area (TPSA) is 68.8 Å². The van der Waals surface area contributed by atoms with Crippen LogP contribution in [0.1, 0.15) is 41.3 Å². The molecular weight excluding hydrogens is 501 g/mol. The van der Waals surface area contributed by atoms with Crippen LogP contribution in [0.5, 0.6) is 0 Å². The van der Waals surface area contributed by atoms with Crippen molar-refractivity contribution in [3.63, 3.8) is 0 Å². The number of guanidine groups is 1. The summed E-state index contributed by atoms with van der Waals surface area (Å²) < 4.78 is 0. The van der Waals surface area contributed by atoms with Gasteiger partial charge in [0.2, 0.25) is 0 Å². The second kappa shape index (κ2) is 14.8. The predicted molar refractivity (Wildman–Crippen MR) is 140 cm³/mol. The lowest BCUT2D eigenvalue weighted by atomic mass is 10.0. The molecule has 2 aromatic rings. The molecule has 0 aromatic heterocycles. The van der Waals surface area contributed by atoms with E-state index in [1.807, 2.05) is 49.3 Å². The highest BCUT2D eigenvalue weighted by molar-refractivity contribution is 14.0. The van der Waals surface area contributed by atoms with E-state index in [2.05, 4.69) is 54.1 Å². The molecule has 170 valence electrons. The van der Waals surface area contributed by atoms with Gasteiger partial charge in [-0.2, -0.15) is 0 Å². The quantitative estimate of drug-likeness (QED) is 0.247. The molecule has 7 heteroatoms. The molecule has 0 spiro atoms. The van der Waals surface area contributed by atoms with E-state index in [1.54, 1.807) is 0 Å². The second-order valence-electron chi connectivity index (χ2n) is 7.65. The van der Waals surface area contributed by atoms with Crippen LogP contribution < -0.4 is 16.0 Å². The normalized spacial score (nSPS) is 12.1. The molecule has 0 fully saturated rings. The third-order valence-corrected chi connectivity index (χ3v) is 4.74. The lowest BCUT2D eigenvalue weighted by Gasteiger charge is -2.16. The molecule has 0 aliphatic heterocycles. The van der Waals surface area contributed by atoms with Crippen molar-refractivity contribution >= 4 is 35.8 Å². The molecule has 31 heavy (non-hydrogen) atoms. The van der Waals surface area contributed by atoms with Crippen LogP contribution in [0.25, 0.3) is 0 Å². The minimum atomic E-state index is -0.0515. The molecular formula is C24H36IN5O. The standard InChI is InChI=1S/C24H35N5O.HI/c1-5-25-24(27-17-19(2)21-11-7-6-8-12-21)28-18-20-10-9-13-22(16-20)23(30)26-14-15-29(3)4;/h6-13,16,19H,5,14-15,17-18H2,1-4H3,(H,26,30)(H2,25,27,28);1H. The van der Waals surface area contributed by atoms with Crippen molar-refractivity contribution in [3.8, 4) is 0 Å². The Balaban J connectivity index is 0.00000480. The molecule has 2 aromatic carbocycles. The third kappa shape index (κ3) is 10.1. The molecule has 2 rings (SSSR count). The highest BCUT2D eigenvalue weighted by Crippen LogP contribution is 2.13. The van der Waals surface area contributed by atoms with Crippen molar-refractivity contribution in [1.82, 2.24) is 20.9 Å². The van der Waals surface area contributed by atoms with E-state index in [9.17, 15) is 4.79 Å². The summed E-state index contributed by atoms with van der Waals surface area (Å²) in [4.78, 5) is 19.1. The van der Waals surface area contributed by atoms with Crippen molar-refractivity contribution in [3.05, 3.63) is 71.3 Å². The highest BCUT2D eigenvalue weighted by atomic mass is 127. The average Bonchev–Trinajstić information content (AvgIpc) is 2.76. The molecule has 3 N–H and O–H groups in total. The van der Waals surface area contributed by atoms with Gasteiger partial charge in [0.05, 0.1) is 6.54 Å². The van der Waals surface area contributed by atoms with E-state index >= 15 is 0 Å². The summed E-state index contributed by atoms with van der Waals surface area (Å²) in [7, 11) is 3.97. The van der Waals surface area contributed by atoms with Gasteiger partial charge in [-0.3, -0.25) is 4.79 Å². The number of carbonyl (C=O) groups is 1. The highest BCUT2D eigenvalue weighted by Gasteiger charge is 2.08. The number of aliphatic imine (C=N–C) groups is 1. The summed E-state index contributed by atoms with van der Waals surface area (Å²) in [5.74, 6) is 1.11. The van der Waals surface area contributed by atoms with Crippen molar-refractivity contribution in [1.29, 1.82) is 0 Å². The second-order valence-corrected chi connectivity index (χ2v) is 7.65. The minimum absolute atomic E-state index is 0. The Morgan fingerprint density at radius 3 is 2.45 bits per heavy atom. The van der Waals surface area contributed by atoms with Gasteiger partial charge in [-0.15, -0.1) is 24.0 Å². The SMILES string of the molecule is CCNC(=NCc1cccc(C(=O)NCCN(C)C)c1)NCC(C)c1ccccc1.I. The fraction of sp³-hybridized carbons (Fsp3) is 0.417. The van der Waals surface area contributed by atoms with Crippen LogP contribution in [0.15, 0.2) is 59.6 Å². The van der Waals surface area contributed by atoms with Crippen LogP contribution in [-0.4, -0.2) is 57.0 Å². The number of nitrogens with zero attached hydrogens (tertiary/aromatic N) is 2. The lowest BCUT2D eigenvalue weighted by Crippen LogP contribution is -2.39.